The van der Waals surface area contributed by atoms with Crippen molar-refractivity contribution < 1.29 is 9.59 Å². The fraction of sp³-hybridized carbons (Fsp3) is 0.308. The lowest BCUT2D eigenvalue weighted by atomic mass is 10.1. The highest BCUT2D eigenvalue weighted by atomic mass is 32.2. The molecule has 9 nitrogen and oxygen atoms in total. The molecule has 0 saturated heterocycles. The molecule has 36 heavy (non-hydrogen) atoms. The highest BCUT2D eigenvalue weighted by Crippen LogP contribution is 2.34. The van der Waals surface area contributed by atoms with Crippen LogP contribution in [-0.4, -0.2) is 49.7 Å². The zero-order valence-electron chi connectivity index (χ0n) is 19.9. The fourth-order valence-corrected chi connectivity index (χ4v) is 5.06. The Hall–Kier alpha value is -3.79. The maximum atomic E-state index is 13.4. The van der Waals surface area contributed by atoms with Gasteiger partial charge in [0.25, 0.3) is 11.5 Å². The van der Waals surface area contributed by atoms with Crippen molar-refractivity contribution in [2.24, 2.45) is 9.98 Å². The fourth-order valence-electron chi connectivity index (χ4n) is 4.16. The van der Waals surface area contributed by atoms with E-state index in [0.717, 1.165) is 24.1 Å². The molecule has 0 bridgehead atoms. The first-order valence-electron chi connectivity index (χ1n) is 12.0. The number of para-hydroxylation sites is 1. The summed E-state index contributed by atoms with van der Waals surface area (Å²) in [4.78, 5) is 53.6. The average molecular weight is 503 g/mol. The van der Waals surface area contributed by atoms with Crippen molar-refractivity contribution in [2.45, 2.75) is 44.4 Å². The lowest BCUT2D eigenvalue weighted by Crippen LogP contribution is -2.41. The van der Waals surface area contributed by atoms with E-state index in [-0.39, 0.29) is 23.8 Å². The minimum absolute atomic E-state index is 0.0707. The number of rotatable bonds is 8. The predicted molar refractivity (Wildman–Crippen MR) is 141 cm³/mol. The molecule has 4 heterocycles. The van der Waals surface area contributed by atoms with E-state index in [4.69, 9.17) is 9.98 Å². The number of amides is 2. The van der Waals surface area contributed by atoms with Gasteiger partial charge in [0, 0.05) is 36.5 Å². The lowest BCUT2D eigenvalue weighted by molar-refractivity contribution is -0.125. The summed E-state index contributed by atoms with van der Waals surface area (Å²) in [5, 5.41) is 3.38. The van der Waals surface area contributed by atoms with Crippen LogP contribution in [-0.2, 0) is 15.3 Å². The van der Waals surface area contributed by atoms with E-state index in [1.165, 1.54) is 22.2 Å². The number of aromatic nitrogens is 2. The molecular formula is C26H26N6O3S. The Morgan fingerprint density at radius 1 is 1.14 bits per heavy atom. The molecule has 2 amide bonds. The number of amidine groups is 2. The van der Waals surface area contributed by atoms with Gasteiger partial charge in [0.2, 0.25) is 5.91 Å². The topological polar surface area (TPSA) is 108 Å². The summed E-state index contributed by atoms with van der Waals surface area (Å²) < 4.78 is 1.49. The Labute approximate surface area is 212 Å². The van der Waals surface area contributed by atoms with Gasteiger partial charge in [-0.25, -0.2) is 14.9 Å². The van der Waals surface area contributed by atoms with Gasteiger partial charge in [-0.05, 0) is 37.1 Å². The molecule has 2 aliphatic rings. The van der Waals surface area contributed by atoms with Crippen LogP contribution in [0, 0.1) is 0 Å². The van der Waals surface area contributed by atoms with Crippen molar-refractivity contribution in [1.29, 1.82) is 0 Å². The molecule has 2 aromatic heterocycles. The zero-order chi connectivity index (χ0) is 25.1. The van der Waals surface area contributed by atoms with Crippen molar-refractivity contribution in [2.75, 3.05) is 6.54 Å². The molecule has 0 aliphatic carbocycles. The Morgan fingerprint density at radius 2 is 1.97 bits per heavy atom. The number of fused-ring (bicyclic) bond motifs is 4. The van der Waals surface area contributed by atoms with Crippen molar-refractivity contribution in [1.82, 2.24) is 19.6 Å². The van der Waals surface area contributed by atoms with E-state index in [0.29, 0.717) is 41.1 Å². The van der Waals surface area contributed by atoms with E-state index in [1.807, 2.05) is 30.3 Å². The molecule has 1 atom stereocenters. The number of pyridine rings is 1. The number of benzene rings is 1. The molecule has 2 aliphatic heterocycles. The Balaban J connectivity index is 1.36. The van der Waals surface area contributed by atoms with Gasteiger partial charge in [0.15, 0.2) is 5.17 Å². The van der Waals surface area contributed by atoms with Crippen molar-refractivity contribution in [3.63, 3.8) is 0 Å². The molecule has 0 fully saturated rings. The number of nitrogens with one attached hydrogen (secondary N) is 1. The number of carbonyl (C=O) groups excluding carboxylic acids is 2. The summed E-state index contributed by atoms with van der Waals surface area (Å²) >= 11 is 1.34. The normalized spacial score (nSPS) is 16.4. The first-order valence-corrected chi connectivity index (χ1v) is 13.0. The summed E-state index contributed by atoms with van der Waals surface area (Å²) in [6.07, 6.45) is 4.18. The first-order chi connectivity index (χ1) is 17.5. The predicted octanol–water partition coefficient (Wildman–Crippen LogP) is 3.28. The summed E-state index contributed by atoms with van der Waals surface area (Å²) in [6, 6.07) is 13.8. The van der Waals surface area contributed by atoms with Gasteiger partial charge in [-0.1, -0.05) is 43.3 Å². The Kier molecular flexibility index (Phi) is 6.95. The van der Waals surface area contributed by atoms with E-state index in [9.17, 15) is 14.4 Å². The monoisotopic (exact) mass is 502 g/mol. The second kappa shape index (κ2) is 10.4. The highest BCUT2D eigenvalue weighted by Gasteiger charge is 2.41. The summed E-state index contributed by atoms with van der Waals surface area (Å²) in [7, 11) is 0. The Morgan fingerprint density at radius 3 is 2.83 bits per heavy atom. The molecule has 184 valence electrons. The molecule has 5 rings (SSSR count). The number of carbonyl (C=O) groups is 2. The molecule has 0 radical (unpaired) electrons. The molecule has 10 heteroatoms. The molecule has 0 unspecified atom stereocenters. The quantitative estimate of drug-likeness (QED) is 0.476. The van der Waals surface area contributed by atoms with Gasteiger partial charge in [-0.3, -0.25) is 23.8 Å². The van der Waals surface area contributed by atoms with Crippen LogP contribution in [0.1, 0.15) is 43.9 Å². The number of nitrogens with zero attached hydrogens (tertiary/aromatic N) is 5. The molecule has 3 aromatic rings. The summed E-state index contributed by atoms with van der Waals surface area (Å²) in [5.41, 5.74) is 2.51. The van der Waals surface area contributed by atoms with Crippen LogP contribution < -0.4 is 10.9 Å². The van der Waals surface area contributed by atoms with Crippen molar-refractivity contribution in [3.8, 4) is 0 Å². The Bertz CT molecular complexity index is 1450. The average Bonchev–Trinajstić information content (AvgIpc) is 3.23. The second-order valence-electron chi connectivity index (χ2n) is 8.60. The number of unbranched alkanes of at least 4 members (excludes halogenated alkanes) is 1. The van der Waals surface area contributed by atoms with Crippen LogP contribution in [0.4, 0.5) is 5.69 Å². The molecule has 1 aromatic carbocycles. The molecule has 0 saturated carbocycles. The molecule has 0 spiro atoms. The highest BCUT2D eigenvalue weighted by molar-refractivity contribution is 8.13. The molecular weight excluding hydrogens is 476 g/mol. The van der Waals surface area contributed by atoms with Gasteiger partial charge in [0.05, 0.1) is 11.4 Å². The van der Waals surface area contributed by atoms with Gasteiger partial charge in [0.1, 0.15) is 17.5 Å². The number of hydrogen-bond acceptors (Lipinski definition) is 7. The second-order valence-corrected chi connectivity index (χ2v) is 9.54. The maximum Gasteiger partial charge on any atom is 0.259 e. The van der Waals surface area contributed by atoms with Crippen LogP contribution in [0.5, 0.6) is 0 Å². The van der Waals surface area contributed by atoms with Crippen LogP contribution in [0.25, 0.3) is 5.65 Å². The first kappa shape index (κ1) is 23.9. The molecule has 1 N–H and O–H groups in total. The largest absolute Gasteiger partial charge is 0.356 e. The van der Waals surface area contributed by atoms with Gasteiger partial charge >= 0.3 is 0 Å². The minimum atomic E-state index is -0.641. The van der Waals surface area contributed by atoms with Gasteiger partial charge in [-0.15, -0.1) is 0 Å². The SMILES string of the molecule is CCCCNC(=O)CC[C@H]1N=C2c3ccccc3N=C(SCc3cc(=O)n4ccccc4n3)N2C1=O. The van der Waals surface area contributed by atoms with E-state index < -0.39 is 6.04 Å². The maximum absolute atomic E-state index is 13.4. The standard InChI is InChI=1S/C26H26N6O3S/c1-2-3-13-27-22(33)12-11-20-25(35)32-24(29-20)18-8-4-5-9-19(18)30-26(32)36-16-17-15-23(34)31-14-7-6-10-21(31)28-17/h4-10,14-15,20H,2-3,11-13,16H2,1H3,(H,27,33)/t20-/m1/s1. The third-order valence-corrected chi connectivity index (χ3v) is 6.99. The third kappa shape index (κ3) is 4.81. The minimum Gasteiger partial charge on any atom is -0.356 e. The van der Waals surface area contributed by atoms with Crippen LogP contribution in [0.15, 0.2) is 69.5 Å². The van der Waals surface area contributed by atoms with Crippen molar-refractivity contribution >= 4 is 45.9 Å². The third-order valence-electron chi connectivity index (χ3n) is 6.02. The van der Waals surface area contributed by atoms with E-state index in [2.05, 4.69) is 17.2 Å². The lowest BCUT2D eigenvalue weighted by Gasteiger charge is -2.25. The van der Waals surface area contributed by atoms with E-state index >= 15 is 0 Å². The van der Waals surface area contributed by atoms with Gasteiger partial charge < -0.3 is 5.32 Å². The van der Waals surface area contributed by atoms with Crippen LogP contribution in [0.3, 0.4) is 0 Å². The van der Waals surface area contributed by atoms with Gasteiger partial charge in [-0.2, -0.15) is 0 Å². The number of thioether (sulfide) groups is 1. The van der Waals surface area contributed by atoms with Crippen molar-refractivity contribution in [3.05, 3.63) is 76.3 Å². The van der Waals surface area contributed by atoms with E-state index in [1.54, 1.807) is 23.2 Å². The van der Waals surface area contributed by atoms with Crippen LogP contribution >= 0.6 is 11.8 Å². The smallest absolute Gasteiger partial charge is 0.259 e. The summed E-state index contributed by atoms with van der Waals surface area (Å²) in [6.45, 7) is 2.71. The van der Waals surface area contributed by atoms with Crippen LogP contribution in [0.2, 0.25) is 0 Å². The summed E-state index contributed by atoms with van der Waals surface area (Å²) in [5.74, 6) is 0.650. The number of hydrogen-bond donors (Lipinski definition) is 1. The number of aliphatic imine (C=N–C) groups is 2. The zero-order valence-corrected chi connectivity index (χ0v) is 20.7.